The van der Waals surface area contributed by atoms with Gasteiger partial charge in [0.1, 0.15) is 37.5 Å². The molecule has 3 radical (unpaired) electrons. The fraction of sp³-hybridized carbons (Fsp3) is 0.150. The van der Waals surface area contributed by atoms with E-state index in [0.29, 0.717) is 35.4 Å². The molecule has 0 bridgehead atoms. The van der Waals surface area contributed by atoms with E-state index in [1.807, 2.05) is 0 Å². The summed E-state index contributed by atoms with van der Waals surface area (Å²) in [5, 5.41) is 50.7. The SMILES string of the molecule is CCN(CC)CCNc1cc(O)ccc1N=Nc1ccc(Nc2ccc(N=Nc3c(S(=O)(=O)O)cc4cc(S(=O)(=O)O)c(N=Nc5ccccc5)c(O)c4c3N)cc2S(=O)(=O)O)cc1.[Na].[Na].[Na]. The monoisotopic (exact) mass is 1000 g/mol. The maximum Gasteiger partial charge on any atom is 0.296 e. The number of fused-ring (bicyclic) bond motifs is 1. The molecule has 0 atom stereocenters. The summed E-state index contributed by atoms with van der Waals surface area (Å²) in [5.41, 5.74) is 5.79. The zero-order valence-electron chi connectivity index (χ0n) is 36.8. The molecule has 21 nitrogen and oxygen atoms in total. The standard InChI is InChI=1S/C40H40N10O11S3.3Na/c1-3-50(4-2)19-18-42-32-23-29(51)15-17-30(32)47-44-27-12-10-25(11-13-27)43-31-16-14-28(22-33(31)62(53,54)55)46-48-38-34(63(56,57)58)20-24-21-35(64(59,60)61)39(40(52)36(24)37(38)41)49-45-26-8-6-5-7-9-26;;;/h5-17,20-23,42-43,51-52H,3-4,18-19,41H2,1-2H3,(H,53,54,55)(H,56,57,58)(H,59,60,61);;;. The van der Waals surface area contributed by atoms with Crippen LogP contribution in [0.3, 0.4) is 0 Å². The first-order valence-corrected chi connectivity index (χ1v) is 23.2. The zero-order valence-corrected chi connectivity index (χ0v) is 45.2. The predicted molar refractivity (Wildman–Crippen MR) is 256 cm³/mol. The predicted octanol–water partition coefficient (Wildman–Crippen LogP) is 8.17. The largest absolute Gasteiger partial charge is 0.508 e. The fourth-order valence-corrected chi connectivity index (χ4v) is 8.22. The van der Waals surface area contributed by atoms with Crippen molar-refractivity contribution in [3.05, 3.63) is 103 Å². The number of nitrogens with one attached hydrogen (secondary N) is 2. The fourth-order valence-electron chi connectivity index (χ4n) is 6.22. The number of phenolic OH excluding ortho intramolecular Hbond substituents is 2. The number of azo groups is 3. The molecule has 0 fully saturated rings. The molecule has 0 saturated carbocycles. The number of anilines is 4. The zero-order chi connectivity index (χ0) is 46.4. The maximum atomic E-state index is 12.6. The Bertz CT molecular complexity index is 3170. The maximum absolute atomic E-state index is 12.6. The second-order valence-corrected chi connectivity index (χ2v) is 17.8. The van der Waals surface area contributed by atoms with Crippen molar-refractivity contribution >= 4 is 187 Å². The number of rotatable bonds is 17. The Morgan fingerprint density at radius 3 is 1.72 bits per heavy atom. The molecule has 0 aromatic heterocycles. The van der Waals surface area contributed by atoms with Gasteiger partial charge in [-0.2, -0.15) is 40.6 Å². The number of aromatic hydroxyl groups is 2. The van der Waals surface area contributed by atoms with Gasteiger partial charge in [-0.25, -0.2) is 0 Å². The molecular formula is C40H40N10Na3O11S3. The van der Waals surface area contributed by atoms with Crippen LogP contribution in [0.25, 0.3) is 10.8 Å². The van der Waals surface area contributed by atoms with Crippen molar-refractivity contribution < 1.29 is 49.1 Å². The average molecular weight is 1000 g/mol. The van der Waals surface area contributed by atoms with Gasteiger partial charge >= 0.3 is 0 Å². The van der Waals surface area contributed by atoms with Crippen LogP contribution in [0.1, 0.15) is 13.8 Å². The molecular weight excluding hydrogens is 962 g/mol. The van der Waals surface area contributed by atoms with Gasteiger partial charge in [0.15, 0.2) is 5.75 Å². The Hall–Kier alpha value is -3.93. The summed E-state index contributed by atoms with van der Waals surface area (Å²) in [4.78, 5) is -0.426. The Morgan fingerprint density at radius 2 is 1.12 bits per heavy atom. The third kappa shape index (κ3) is 14.8. The van der Waals surface area contributed by atoms with E-state index in [0.717, 1.165) is 31.8 Å². The smallest absolute Gasteiger partial charge is 0.296 e. The average Bonchev–Trinajstić information content (AvgIpc) is 3.24. The Kier molecular flexibility index (Phi) is 21.0. The molecule has 0 aliphatic rings. The van der Waals surface area contributed by atoms with Gasteiger partial charge in [0.05, 0.1) is 39.5 Å². The summed E-state index contributed by atoms with van der Waals surface area (Å²) >= 11 is 0. The van der Waals surface area contributed by atoms with Gasteiger partial charge in [0, 0.05) is 114 Å². The van der Waals surface area contributed by atoms with Crippen LogP contribution in [0.4, 0.5) is 56.9 Å². The van der Waals surface area contributed by atoms with Gasteiger partial charge in [-0.05, 0) is 97.3 Å². The summed E-state index contributed by atoms with van der Waals surface area (Å²) < 4.78 is 105. The van der Waals surface area contributed by atoms with Crippen molar-refractivity contribution in [2.24, 2.45) is 30.7 Å². The van der Waals surface area contributed by atoms with Crippen molar-refractivity contribution in [1.29, 1.82) is 0 Å². The van der Waals surface area contributed by atoms with Crippen molar-refractivity contribution in [2.75, 3.05) is 42.5 Å². The molecule has 0 amide bonds. The molecule has 9 N–H and O–H groups in total. The Balaban J connectivity index is 0.00000397. The number of likely N-dealkylation sites (N-methyl/N-ethyl adjacent to an activating group) is 1. The van der Waals surface area contributed by atoms with Gasteiger partial charge in [-0.3, -0.25) is 13.7 Å². The van der Waals surface area contributed by atoms with Crippen LogP contribution in [-0.2, 0) is 30.4 Å². The van der Waals surface area contributed by atoms with Crippen LogP contribution < -0.4 is 16.4 Å². The van der Waals surface area contributed by atoms with E-state index in [2.05, 4.69) is 60.1 Å². The van der Waals surface area contributed by atoms with E-state index < -0.39 is 78.6 Å². The normalized spacial score (nSPS) is 12.0. The molecule has 6 aromatic rings. The first-order valence-electron chi connectivity index (χ1n) is 18.9. The molecule has 6 aromatic carbocycles. The molecule has 0 heterocycles. The van der Waals surface area contributed by atoms with E-state index in [1.54, 1.807) is 54.6 Å². The van der Waals surface area contributed by atoms with Crippen LogP contribution in [0.15, 0.2) is 149 Å². The second-order valence-electron chi connectivity index (χ2n) is 13.7. The number of hydrogen-bond acceptors (Lipinski definition) is 18. The summed E-state index contributed by atoms with van der Waals surface area (Å²) in [6, 6.07) is 23.7. The van der Waals surface area contributed by atoms with Gasteiger partial charge in [0.25, 0.3) is 30.4 Å². The van der Waals surface area contributed by atoms with Crippen molar-refractivity contribution in [3.63, 3.8) is 0 Å². The first kappa shape index (κ1) is 57.4. The topological polar surface area (TPSA) is 331 Å². The molecule has 0 saturated heterocycles. The van der Waals surface area contributed by atoms with Gasteiger partial charge in [0.2, 0.25) is 0 Å². The van der Waals surface area contributed by atoms with Crippen LogP contribution in [0, 0.1) is 0 Å². The molecule has 27 heteroatoms. The number of benzene rings is 6. The summed E-state index contributed by atoms with van der Waals surface area (Å²) in [7, 11) is -15.3. The molecule has 6 rings (SSSR count). The number of nitrogens with zero attached hydrogens (tertiary/aromatic N) is 7. The minimum Gasteiger partial charge on any atom is -0.508 e. The van der Waals surface area contributed by atoms with Crippen LogP contribution in [0.2, 0.25) is 0 Å². The minimum atomic E-state index is -5.22. The Labute approximate surface area is 452 Å². The van der Waals surface area contributed by atoms with E-state index in [4.69, 9.17) is 5.73 Å². The number of nitrogens with two attached hydrogens (primary N) is 1. The number of nitrogen functional groups attached to an aromatic ring is 1. The first-order chi connectivity index (χ1) is 30.3. The molecule has 0 aliphatic carbocycles. The molecule has 67 heavy (non-hydrogen) atoms. The van der Waals surface area contributed by atoms with Crippen molar-refractivity contribution in [2.45, 2.75) is 28.5 Å². The van der Waals surface area contributed by atoms with Gasteiger partial charge in [-0.15, -0.1) is 15.3 Å². The molecule has 0 unspecified atom stereocenters. The number of phenols is 2. The van der Waals surface area contributed by atoms with E-state index in [1.165, 1.54) is 30.3 Å². The molecule has 337 valence electrons. The molecule has 0 aliphatic heterocycles. The van der Waals surface area contributed by atoms with Crippen LogP contribution in [0.5, 0.6) is 11.5 Å². The Morgan fingerprint density at radius 1 is 0.582 bits per heavy atom. The summed E-state index contributed by atoms with van der Waals surface area (Å²) in [6.07, 6.45) is 0. The van der Waals surface area contributed by atoms with Gasteiger partial charge in [-0.1, -0.05) is 32.0 Å². The van der Waals surface area contributed by atoms with Crippen LogP contribution in [-0.4, -0.2) is 169 Å². The van der Waals surface area contributed by atoms with E-state index in [-0.39, 0.29) is 111 Å². The van der Waals surface area contributed by atoms with Crippen molar-refractivity contribution in [3.8, 4) is 11.5 Å². The quantitative estimate of drug-likeness (QED) is 0.0185. The van der Waals surface area contributed by atoms with Crippen LogP contribution >= 0.6 is 0 Å². The van der Waals surface area contributed by atoms with E-state index in [9.17, 15) is 49.1 Å². The van der Waals surface area contributed by atoms with E-state index >= 15 is 0 Å². The van der Waals surface area contributed by atoms with Gasteiger partial charge < -0.3 is 31.5 Å². The summed E-state index contributed by atoms with van der Waals surface area (Å²) in [6.45, 7) is 7.32. The minimum absolute atomic E-state index is 0. The number of hydrogen-bond donors (Lipinski definition) is 8. The molecule has 0 spiro atoms. The third-order valence-corrected chi connectivity index (χ3v) is 12.1. The third-order valence-electron chi connectivity index (χ3n) is 9.44. The second kappa shape index (κ2) is 24.6. The summed E-state index contributed by atoms with van der Waals surface area (Å²) in [5.74, 6) is -0.914. The van der Waals surface area contributed by atoms with Crippen molar-refractivity contribution in [1.82, 2.24) is 4.90 Å².